The SMILES string of the molecule is CC[S+]1CC#CC(C(F)(F)F)NC(CC(C)(C)F)C(=O)NC(C(N)=O)C1. The zero-order valence-electron chi connectivity index (χ0n) is 14.9. The van der Waals surface area contributed by atoms with Crippen LogP contribution in [0.5, 0.6) is 0 Å². The molecule has 0 aromatic carbocycles. The Morgan fingerprint density at radius 2 is 1.96 bits per heavy atom. The third kappa shape index (κ3) is 7.41. The van der Waals surface area contributed by atoms with Gasteiger partial charge in [-0.25, -0.2) is 4.39 Å². The smallest absolute Gasteiger partial charge is 0.368 e. The first kappa shape index (κ1) is 22.6. The van der Waals surface area contributed by atoms with E-state index in [0.29, 0.717) is 5.75 Å². The van der Waals surface area contributed by atoms with Crippen LogP contribution in [-0.4, -0.2) is 59.0 Å². The molecule has 1 aliphatic rings. The molecule has 0 fully saturated rings. The highest BCUT2D eigenvalue weighted by molar-refractivity contribution is 7.97. The van der Waals surface area contributed by atoms with E-state index in [1.54, 1.807) is 0 Å². The molecule has 4 N–H and O–H groups in total. The molecule has 0 aromatic rings. The molecule has 0 radical (unpaired) electrons. The molecule has 148 valence electrons. The second-order valence-corrected chi connectivity index (χ2v) is 9.04. The number of amides is 2. The van der Waals surface area contributed by atoms with Crippen LogP contribution in [0.3, 0.4) is 0 Å². The number of primary amides is 1. The molecule has 0 saturated heterocycles. The zero-order chi connectivity index (χ0) is 20.1. The molecule has 1 heterocycles. The summed E-state index contributed by atoms with van der Waals surface area (Å²) in [5.41, 5.74) is 3.40. The minimum atomic E-state index is -4.73. The van der Waals surface area contributed by atoms with E-state index < -0.39 is 59.1 Å². The Balaban J connectivity index is 3.23. The van der Waals surface area contributed by atoms with Crippen molar-refractivity contribution >= 4 is 22.7 Å². The fourth-order valence-electron chi connectivity index (χ4n) is 2.36. The molecule has 1 aliphatic heterocycles. The van der Waals surface area contributed by atoms with Crippen LogP contribution < -0.4 is 16.4 Å². The Morgan fingerprint density at radius 1 is 1.35 bits per heavy atom. The molecule has 0 bridgehead atoms. The largest absolute Gasteiger partial charge is 0.415 e. The number of carbonyl (C=O) groups excluding carboxylic acids is 2. The van der Waals surface area contributed by atoms with Crippen LogP contribution in [0.4, 0.5) is 17.6 Å². The standard InChI is InChI=1S/C16H23F4N3O2S/c1-4-26-7-5-6-12(16(18,19)20)22-10(8-15(2,3)17)14(25)23-11(9-26)13(21)24/h10-12,22H,4,7-9H2,1-3H3,(H2-,21,23,24,25)/p+1. The number of hydrogen-bond acceptors (Lipinski definition) is 3. The predicted octanol–water partition coefficient (Wildman–Crippen LogP) is 0.639. The summed E-state index contributed by atoms with van der Waals surface area (Å²) in [5, 5.41) is 4.45. The normalized spacial score (nSPS) is 28.3. The van der Waals surface area contributed by atoms with E-state index in [1.165, 1.54) is 0 Å². The molecular formula is C16H24F4N3O2S+. The summed E-state index contributed by atoms with van der Waals surface area (Å²) in [7, 11) is -0.503. The van der Waals surface area contributed by atoms with Gasteiger partial charge < -0.3 is 11.1 Å². The monoisotopic (exact) mass is 398 g/mol. The van der Waals surface area contributed by atoms with E-state index in [0.717, 1.165) is 13.8 Å². The lowest BCUT2D eigenvalue weighted by atomic mass is 9.99. The fourth-order valence-corrected chi connectivity index (χ4v) is 3.92. The Morgan fingerprint density at radius 3 is 2.42 bits per heavy atom. The number of carbonyl (C=O) groups is 2. The van der Waals surface area contributed by atoms with Crippen LogP contribution in [-0.2, 0) is 20.5 Å². The Bertz CT molecular complexity index is 581. The minimum Gasteiger partial charge on any atom is -0.368 e. The van der Waals surface area contributed by atoms with Gasteiger partial charge in [-0.2, -0.15) is 13.2 Å². The molecule has 0 spiro atoms. The number of alkyl halides is 4. The molecule has 5 nitrogen and oxygen atoms in total. The minimum absolute atomic E-state index is 0.156. The number of halogens is 4. The molecular weight excluding hydrogens is 374 g/mol. The molecule has 26 heavy (non-hydrogen) atoms. The van der Waals surface area contributed by atoms with E-state index in [-0.39, 0.29) is 11.5 Å². The Hall–Kier alpha value is -1.47. The molecule has 0 aliphatic carbocycles. The van der Waals surface area contributed by atoms with Gasteiger partial charge in [-0.15, -0.1) is 0 Å². The quantitative estimate of drug-likeness (QED) is 0.369. The lowest BCUT2D eigenvalue weighted by Crippen LogP contribution is -2.58. The van der Waals surface area contributed by atoms with Crippen LogP contribution >= 0.6 is 0 Å². The summed E-state index contributed by atoms with van der Waals surface area (Å²) in [4.78, 5) is 24.1. The van der Waals surface area contributed by atoms with Gasteiger partial charge in [-0.05, 0) is 26.7 Å². The van der Waals surface area contributed by atoms with Crippen LogP contribution in [0.1, 0.15) is 27.2 Å². The van der Waals surface area contributed by atoms with E-state index in [4.69, 9.17) is 5.73 Å². The maximum absolute atomic E-state index is 14.0. The summed E-state index contributed by atoms with van der Waals surface area (Å²) in [5.74, 6) is 3.83. The second kappa shape index (κ2) is 8.95. The van der Waals surface area contributed by atoms with Gasteiger partial charge >= 0.3 is 6.18 Å². The second-order valence-electron chi connectivity index (χ2n) is 6.61. The highest BCUT2D eigenvalue weighted by Gasteiger charge is 2.43. The van der Waals surface area contributed by atoms with Crippen molar-refractivity contribution in [2.45, 2.75) is 57.2 Å². The zero-order valence-corrected chi connectivity index (χ0v) is 15.7. The average molecular weight is 398 g/mol. The van der Waals surface area contributed by atoms with Crippen LogP contribution in [0.2, 0.25) is 0 Å². The molecule has 1 rings (SSSR count). The maximum Gasteiger partial charge on any atom is 0.415 e. The molecule has 4 unspecified atom stereocenters. The van der Waals surface area contributed by atoms with Gasteiger partial charge in [0.05, 0.1) is 6.04 Å². The fraction of sp³-hybridized carbons (Fsp3) is 0.750. The predicted molar refractivity (Wildman–Crippen MR) is 93.1 cm³/mol. The van der Waals surface area contributed by atoms with Gasteiger partial charge in [0.2, 0.25) is 11.8 Å². The highest BCUT2D eigenvalue weighted by atomic mass is 32.2. The summed E-state index contributed by atoms with van der Waals surface area (Å²) < 4.78 is 53.7. The van der Waals surface area contributed by atoms with Gasteiger partial charge in [0, 0.05) is 17.3 Å². The topological polar surface area (TPSA) is 84.2 Å². The van der Waals surface area contributed by atoms with Crippen LogP contribution in [0.15, 0.2) is 0 Å². The summed E-state index contributed by atoms with van der Waals surface area (Å²) in [6.45, 7) is 4.13. The van der Waals surface area contributed by atoms with Gasteiger partial charge in [-0.1, -0.05) is 5.92 Å². The van der Waals surface area contributed by atoms with Crippen molar-refractivity contribution in [2.75, 3.05) is 17.3 Å². The van der Waals surface area contributed by atoms with Crippen LogP contribution in [0.25, 0.3) is 0 Å². The lowest BCUT2D eigenvalue weighted by Gasteiger charge is -2.28. The molecule has 2 amide bonds. The Kier molecular flexibility index (Phi) is 7.77. The van der Waals surface area contributed by atoms with E-state index >= 15 is 0 Å². The van der Waals surface area contributed by atoms with Crippen molar-refractivity contribution in [3.63, 3.8) is 0 Å². The molecule has 0 aromatic heterocycles. The van der Waals surface area contributed by atoms with E-state index in [9.17, 15) is 27.2 Å². The third-order valence-electron chi connectivity index (χ3n) is 3.69. The lowest BCUT2D eigenvalue weighted by molar-refractivity contribution is -0.147. The van der Waals surface area contributed by atoms with E-state index in [2.05, 4.69) is 22.5 Å². The third-order valence-corrected chi connectivity index (χ3v) is 5.87. The summed E-state index contributed by atoms with van der Waals surface area (Å²) in [6, 6.07) is -4.82. The number of nitrogens with two attached hydrogens (primary N) is 1. The number of rotatable bonds is 4. The first-order chi connectivity index (χ1) is 11.8. The van der Waals surface area contributed by atoms with Gasteiger partial charge in [0.1, 0.15) is 17.2 Å². The summed E-state index contributed by atoms with van der Waals surface area (Å²) >= 11 is 0. The van der Waals surface area contributed by atoms with Crippen molar-refractivity contribution in [2.24, 2.45) is 5.73 Å². The van der Waals surface area contributed by atoms with Crippen molar-refractivity contribution < 1.29 is 27.2 Å². The van der Waals surface area contributed by atoms with Crippen molar-refractivity contribution in [3.05, 3.63) is 0 Å². The van der Waals surface area contributed by atoms with Crippen molar-refractivity contribution in [1.29, 1.82) is 0 Å². The van der Waals surface area contributed by atoms with E-state index in [1.807, 2.05) is 6.92 Å². The number of hydrogen-bond donors (Lipinski definition) is 3. The van der Waals surface area contributed by atoms with Gasteiger partial charge in [0.25, 0.3) is 0 Å². The van der Waals surface area contributed by atoms with Crippen molar-refractivity contribution in [1.82, 2.24) is 10.6 Å². The average Bonchev–Trinajstić information content (AvgIpc) is 2.50. The van der Waals surface area contributed by atoms with Crippen molar-refractivity contribution in [3.8, 4) is 11.8 Å². The first-order valence-corrected chi connectivity index (χ1v) is 9.80. The molecule has 10 heteroatoms. The van der Waals surface area contributed by atoms with Gasteiger partial charge in [-0.3, -0.25) is 14.9 Å². The highest BCUT2D eigenvalue weighted by Crippen LogP contribution is 2.23. The molecule has 0 saturated carbocycles. The number of nitrogens with one attached hydrogen (secondary N) is 2. The first-order valence-electron chi connectivity index (χ1n) is 8.07. The molecule has 4 atom stereocenters. The maximum atomic E-state index is 14.0. The van der Waals surface area contributed by atoms with Crippen LogP contribution in [0, 0.1) is 11.8 Å². The van der Waals surface area contributed by atoms with Gasteiger partial charge in [0.15, 0.2) is 17.8 Å². The summed E-state index contributed by atoms with van der Waals surface area (Å²) in [6.07, 6.45) is -5.24. The Labute approximate surface area is 153 Å².